The number of hydrogen-bond acceptors (Lipinski definition) is 3. The predicted molar refractivity (Wildman–Crippen MR) is 88.9 cm³/mol. The number of halogens is 1. The minimum atomic E-state index is -0.406. The molecule has 2 aromatic carbocycles. The number of hydrogen-bond donors (Lipinski definition) is 1. The van der Waals surface area contributed by atoms with E-state index in [9.17, 15) is 14.0 Å². The van der Waals surface area contributed by atoms with Crippen LogP contribution < -0.4 is 5.56 Å². The Bertz CT molecular complexity index is 952. The number of carbonyl (C=O) groups is 1. The van der Waals surface area contributed by atoms with Crippen molar-refractivity contribution in [2.24, 2.45) is 0 Å². The lowest BCUT2D eigenvalue weighted by Crippen LogP contribution is -2.29. The molecule has 1 heterocycles. The van der Waals surface area contributed by atoms with E-state index in [0.717, 1.165) is 0 Å². The highest BCUT2D eigenvalue weighted by Gasteiger charge is 2.14. The van der Waals surface area contributed by atoms with Crippen LogP contribution in [0.25, 0.3) is 10.9 Å². The van der Waals surface area contributed by atoms with Gasteiger partial charge in [0, 0.05) is 7.05 Å². The van der Waals surface area contributed by atoms with E-state index >= 15 is 0 Å². The zero-order chi connectivity index (χ0) is 17.1. The van der Waals surface area contributed by atoms with Crippen LogP contribution in [0.4, 0.5) is 4.39 Å². The number of likely N-dealkylation sites (N-methyl/N-ethyl adjacent to an activating group) is 1. The molecule has 0 aliphatic rings. The molecule has 0 saturated heterocycles. The summed E-state index contributed by atoms with van der Waals surface area (Å²) in [7, 11) is 1.60. The van der Waals surface area contributed by atoms with E-state index in [4.69, 9.17) is 0 Å². The molecule has 0 fully saturated rings. The maximum Gasteiger partial charge on any atom is 0.258 e. The number of para-hydroxylation sites is 1. The number of amides is 1. The second-order valence-corrected chi connectivity index (χ2v) is 5.55. The van der Waals surface area contributed by atoms with Gasteiger partial charge in [0.15, 0.2) is 0 Å². The van der Waals surface area contributed by atoms with Crippen molar-refractivity contribution in [3.8, 4) is 0 Å². The van der Waals surface area contributed by atoms with E-state index < -0.39 is 5.82 Å². The van der Waals surface area contributed by atoms with Crippen molar-refractivity contribution >= 4 is 16.8 Å². The summed E-state index contributed by atoms with van der Waals surface area (Å²) in [5.74, 6) is -0.268. The molecule has 24 heavy (non-hydrogen) atoms. The van der Waals surface area contributed by atoms with Gasteiger partial charge in [0.2, 0.25) is 5.91 Å². The third kappa shape index (κ3) is 3.32. The van der Waals surface area contributed by atoms with E-state index in [2.05, 4.69) is 9.97 Å². The number of aromatic nitrogens is 2. The Hall–Kier alpha value is -3.02. The summed E-state index contributed by atoms with van der Waals surface area (Å²) in [6.45, 7) is 0.146. The highest BCUT2D eigenvalue weighted by atomic mass is 19.1. The van der Waals surface area contributed by atoms with Crippen molar-refractivity contribution in [3.05, 3.63) is 76.1 Å². The minimum absolute atomic E-state index is 0.0407. The van der Waals surface area contributed by atoms with Gasteiger partial charge in [-0.15, -0.1) is 0 Å². The van der Waals surface area contributed by atoms with Gasteiger partial charge in [-0.2, -0.15) is 0 Å². The normalized spacial score (nSPS) is 10.8. The number of nitrogens with one attached hydrogen (secondary N) is 1. The number of rotatable bonds is 4. The van der Waals surface area contributed by atoms with Crippen LogP contribution in [-0.4, -0.2) is 27.8 Å². The maximum absolute atomic E-state index is 13.6. The predicted octanol–water partition coefficient (Wildman–Crippen LogP) is 2.26. The first-order valence-corrected chi connectivity index (χ1v) is 7.50. The van der Waals surface area contributed by atoms with Gasteiger partial charge < -0.3 is 9.88 Å². The van der Waals surface area contributed by atoms with E-state index in [-0.39, 0.29) is 24.4 Å². The van der Waals surface area contributed by atoms with Crippen LogP contribution >= 0.6 is 0 Å². The molecular formula is C18H16FN3O2. The van der Waals surface area contributed by atoms with E-state index in [1.54, 1.807) is 49.5 Å². The lowest BCUT2D eigenvalue weighted by atomic mass is 10.1. The lowest BCUT2D eigenvalue weighted by molar-refractivity contribution is -0.129. The average molecular weight is 325 g/mol. The number of H-pyrrole nitrogens is 1. The van der Waals surface area contributed by atoms with Gasteiger partial charge in [-0.25, -0.2) is 9.37 Å². The molecule has 1 aromatic heterocycles. The van der Waals surface area contributed by atoms with Crippen LogP contribution in [0.1, 0.15) is 11.4 Å². The molecule has 1 N–H and O–H groups in total. The zero-order valence-electron chi connectivity index (χ0n) is 13.1. The second kappa shape index (κ2) is 6.62. The zero-order valence-corrected chi connectivity index (χ0v) is 13.1. The molecule has 122 valence electrons. The average Bonchev–Trinajstić information content (AvgIpc) is 2.57. The van der Waals surface area contributed by atoms with Crippen LogP contribution in [0, 0.1) is 5.82 Å². The van der Waals surface area contributed by atoms with Crippen LogP contribution in [0.3, 0.4) is 0 Å². The molecule has 0 spiro atoms. The molecule has 0 bridgehead atoms. The molecule has 0 radical (unpaired) electrons. The Kier molecular flexibility index (Phi) is 4.37. The molecule has 0 aliphatic carbocycles. The van der Waals surface area contributed by atoms with Crippen molar-refractivity contribution in [1.29, 1.82) is 0 Å². The first-order valence-electron chi connectivity index (χ1n) is 7.50. The van der Waals surface area contributed by atoms with Crippen LogP contribution in [0.5, 0.6) is 0 Å². The molecule has 0 atom stereocenters. The van der Waals surface area contributed by atoms with Crippen molar-refractivity contribution in [3.63, 3.8) is 0 Å². The van der Waals surface area contributed by atoms with E-state index in [1.165, 1.54) is 11.0 Å². The molecule has 0 saturated carbocycles. The van der Waals surface area contributed by atoms with Gasteiger partial charge in [-0.05, 0) is 23.8 Å². The fourth-order valence-corrected chi connectivity index (χ4v) is 2.46. The first kappa shape index (κ1) is 15.9. The number of fused-ring (bicyclic) bond motifs is 1. The number of carbonyl (C=O) groups excluding carboxylic acids is 1. The summed E-state index contributed by atoms with van der Waals surface area (Å²) in [5, 5.41) is 0.501. The third-order valence-electron chi connectivity index (χ3n) is 3.77. The summed E-state index contributed by atoms with van der Waals surface area (Å²) in [6, 6.07) is 13.2. The quantitative estimate of drug-likeness (QED) is 0.800. The molecule has 0 aliphatic heterocycles. The second-order valence-electron chi connectivity index (χ2n) is 5.55. The van der Waals surface area contributed by atoms with Crippen LogP contribution in [-0.2, 0) is 17.8 Å². The molecule has 1 amide bonds. The van der Waals surface area contributed by atoms with Gasteiger partial charge in [0.25, 0.3) is 5.56 Å². The molecule has 3 aromatic rings. The first-order chi connectivity index (χ1) is 11.5. The highest BCUT2D eigenvalue weighted by molar-refractivity contribution is 5.79. The topological polar surface area (TPSA) is 66.1 Å². The van der Waals surface area contributed by atoms with Crippen molar-refractivity contribution < 1.29 is 9.18 Å². The summed E-state index contributed by atoms with van der Waals surface area (Å²) in [6.07, 6.45) is -0.0407. The monoisotopic (exact) mass is 325 g/mol. The third-order valence-corrected chi connectivity index (χ3v) is 3.77. The fraction of sp³-hybridized carbons (Fsp3) is 0.167. The number of nitrogens with zero attached hydrogens (tertiary/aromatic N) is 2. The number of benzene rings is 2. The van der Waals surface area contributed by atoms with Gasteiger partial charge in [0.1, 0.15) is 11.6 Å². The molecular weight excluding hydrogens is 309 g/mol. The largest absolute Gasteiger partial charge is 0.338 e. The van der Waals surface area contributed by atoms with Gasteiger partial charge in [-0.3, -0.25) is 9.59 Å². The Morgan fingerprint density at radius 2 is 1.88 bits per heavy atom. The summed E-state index contributed by atoms with van der Waals surface area (Å²) in [4.78, 5) is 32.7. The lowest BCUT2D eigenvalue weighted by Gasteiger charge is -2.17. The highest BCUT2D eigenvalue weighted by Crippen LogP contribution is 2.10. The van der Waals surface area contributed by atoms with E-state index in [1.807, 2.05) is 0 Å². The van der Waals surface area contributed by atoms with E-state index in [0.29, 0.717) is 22.3 Å². The maximum atomic E-state index is 13.6. The summed E-state index contributed by atoms with van der Waals surface area (Å²) in [5.41, 5.74) is 0.672. The molecule has 3 rings (SSSR count). The molecule has 5 nitrogen and oxygen atoms in total. The minimum Gasteiger partial charge on any atom is -0.338 e. The molecule has 6 heteroatoms. The van der Waals surface area contributed by atoms with Crippen LogP contribution in [0.2, 0.25) is 0 Å². The Balaban J connectivity index is 1.77. The Labute approximate surface area is 137 Å². The Morgan fingerprint density at radius 1 is 1.17 bits per heavy atom. The van der Waals surface area contributed by atoms with Crippen molar-refractivity contribution in [1.82, 2.24) is 14.9 Å². The summed E-state index contributed by atoms with van der Waals surface area (Å²) < 4.78 is 13.6. The van der Waals surface area contributed by atoms with Gasteiger partial charge in [-0.1, -0.05) is 30.3 Å². The summed E-state index contributed by atoms with van der Waals surface area (Å²) >= 11 is 0. The van der Waals surface area contributed by atoms with Crippen molar-refractivity contribution in [2.75, 3.05) is 7.05 Å². The standard InChI is InChI=1S/C18H16FN3O2/c1-22(17(23)10-12-6-2-4-8-14(12)19)11-16-20-15-9-5-3-7-13(15)18(24)21-16/h2-9H,10-11H2,1H3,(H,20,21,24). The Morgan fingerprint density at radius 3 is 2.67 bits per heavy atom. The van der Waals surface area contributed by atoms with Crippen LogP contribution in [0.15, 0.2) is 53.3 Å². The fourth-order valence-electron chi connectivity index (χ4n) is 2.46. The smallest absolute Gasteiger partial charge is 0.258 e. The van der Waals surface area contributed by atoms with Crippen molar-refractivity contribution in [2.45, 2.75) is 13.0 Å². The number of aromatic amines is 1. The van der Waals surface area contributed by atoms with Gasteiger partial charge >= 0.3 is 0 Å². The SMILES string of the molecule is CN(Cc1nc2ccccc2c(=O)[nH]1)C(=O)Cc1ccccc1F. The van der Waals surface area contributed by atoms with Gasteiger partial charge in [0.05, 0.1) is 23.9 Å². The molecule has 0 unspecified atom stereocenters.